The van der Waals surface area contributed by atoms with Crippen LogP contribution in [0.3, 0.4) is 0 Å². The molecule has 11 nitrogen and oxygen atoms in total. The number of esters is 1. The van der Waals surface area contributed by atoms with Gasteiger partial charge in [-0.1, -0.05) is 36.4 Å². The van der Waals surface area contributed by atoms with Crippen LogP contribution in [0.15, 0.2) is 48.5 Å². The molecule has 0 radical (unpaired) electrons. The highest BCUT2D eigenvalue weighted by Gasteiger charge is 2.41. The van der Waals surface area contributed by atoms with Crippen molar-refractivity contribution in [3.8, 4) is 0 Å². The molecule has 2 aromatic rings. The predicted molar refractivity (Wildman–Crippen MR) is 149 cm³/mol. The SMILES string of the molecule is CCOC(=O)CNC(=O)Nc1ccc([C@@H]2O[C@H](CN3CCC4(CC3)OCCO4)C[C@H](c3ccc(CO)cc3)O2)cc1. The molecule has 3 fully saturated rings. The molecule has 222 valence electrons. The predicted octanol–water partition coefficient (Wildman–Crippen LogP) is 3.25. The lowest BCUT2D eigenvalue weighted by atomic mass is 9.98. The van der Waals surface area contributed by atoms with Crippen LogP contribution in [0.4, 0.5) is 10.5 Å². The van der Waals surface area contributed by atoms with Crippen molar-refractivity contribution in [1.82, 2.24) is 10.2 Å². The van der Waals surface area contributed by atoms with Crippen molar-refractivity contribution < 1.29 is 38.4 Å². The van der Waals surface area contributed by atoms with Gasteiger partial charge in [-0.25, -0.2) is 4.79 Å². The number of amides is 2. The quantitative estimate of drug-likeness (QED) is 0.390. The first kappa shape index (κ1) is 29.4. The molecule has 1 spiro atoms. The molecule has 5 rings (SSSR count). The molecule has 0 aliphatic carbocycles. The van der Waals surface area contributed by atoms with Crippen LogP contribution in [-0.2, 0) is 35.1 Å². The number of carbonyl (C=O) groups excluding carboxylic acids is 2. The molecule has 3 atom stereocenters. The van der Waals surface area contributed by atoms with Gasteiger partial charge in [-0.05, 0) is 30.2 Å². The summed E-state index contributed by atoms with van der Waals surface area (Å²) in [5.41, 5.74) is 3.27. The lowest BCUT2D eigenvalue weighted by Gasteiger charge is -2.41. The van der Waals surface area contributed by atoms with E-state index in [0.29, 0.717) is 25.3 Å². The van der Waals surface area contributed by atoms with Crippen LogP contribution in [0.5, 0.6) is 0 Å². The van der Waals surface area contributed by atoms with E-state index in [1.807, 2.05) is 36.4 Å². The van der Waals surface area contributed by atoms with E-state index in [1.165, 1.54) is 0 Å². The average Bonchev–Trinajstić information content (AvgIpc) is 3.46. The number of hydrogen-bond donors (Lipinski definition) is 3. The minimum atomic E-state index is -0.597. The second-order valence-corrected chi connectivity index (χ2v) is 10.5. The van der Waals surface area contributed by atoms with Crippen LogP contribution < -0.4 is 10.6 Å². The van der Waals surface area contributed by atoms with Crippen molar-refractivity contribution in [2.24, 2.45) is 0 Å². The number of benzene rings is 2. The zero-order chi connectivity index (χ0) is 28.7. The van der Waals surface area contributed by atoms with Gasteiger partial charge in [-0.2, -0.15) is 0 Å². The normalized spacial score (nSPS) is 24.2. The highest BCUT2D eigenvalue weighted by molar-refractivity contribution is 5.91. The third kappa shape index (κ3) is 7.82. The van der Waals surface area contributed by atoms with Crippen LogP contribution >= 0.6 is 0 Å². The Morgan fingerprint density at radius 3 is 2.34 bits per heavy atom. The van der Waals surface area contributed by atoms with Crippen molar-refractivity contribution in [2.45, 2.75) is 57.1 Å². The van der Waals surface area contributed by atoms with Gasteiger partial charge in [-0.3, -0.25) is 4.79 Å². The summed E-state index contributed by atoms with van der Waals surface area (Å²) in [7, 11) is 0. The Balaban J connectivity index is 1.23. The third-order valence-electron chi connectivity index (χ3n) is 7.65. The minimum Gasteiger partial charge on any atom is -0.465 e. The van der Waals surface area contributed by atoms with Gasteiger partial charge in [-0.15, -0.1) is 0 Å². The number of piperidine rings is 1. The lowest BCUT2D eigenvalue weighted by Crippen LogP contribution is -2.48. The number of hydrogen-bond acceptors (Lipinski definition) is 9. The molecule has 2 aromatic carbocycles. The molecular formula is C30H39N3O8. The second kappa shape index (κ2) is 13.7. The minimum absolute atomic E-state index is 0.00865. The first-order valence-corrected chi connectivity index (χ1v) is 14.3. The van der Waals surface area contributed by atoms with E-state index in [0.717, 1.165) is 49.2 Å². The summed E-state index contributed by atoms with van der Waals surface area (Å²) < 4.78 is 29.5. The summed E-state index contributed by atoms with van der Waals surface area (Å²) in [6, 6.07) is 14.6. The topological polar surface area (TPSA) is 128 Å². The van der Waals surface area contributed by atoms with Gasteiger partial charge in [0.15, 0.2) is 12.1 Å². The summed E-state index contributed by atoms with van der Waals surface area (Å²) in [5.74, 6) is -0.915. The number of aliphatic hydroxyl groups is 1. The van der Waals surface area contributed by atoms with Gasteiger partial charge < -0.3 is 44.3 Å². The number of nitrogens with one attached hydrogen (secondary N) is 2. The zero-order valence-electron chi connectivity index (χ0n) is 23.4. The van der Waals surface area contributed by atoms with E-state index >= 15 is 0 Å². The lowest BCUT2D eigenvalue weighted by molar-refractivity contribution is -0.255. The molecule has 3 aliphatic heterocycles. The van der Waals surface area contributed by atoms with Gasteiger partial charge in [0.2, 0.25) is 0 Å². The van der Waals surface area contributed by atoms with Crippen molar-refractivity contribution >= 4 is 17.7 Å². The Kier molecular flexibility index (Phi) is 9.86. The fourth-order valence-electron chi connectivity index (χ4n) is 5.45. The maximum Gasteiger partial charge on any atom is 0.325 e. The number of likely N-dealkylation sites (tertiary alicyclic amines) is 1. The van der Waals surface area contributed by atoms with E-state index in [9.17, 15) is 14.7 Å². The first-order chi connectivity index (χ1) is 19.9. The zero-order valence-corrected chi connectivity index (χ0v) is 23.4. The van der Waals surface area contributed by atoms with Crippen LogP contribution in [0.25, 0.3) is 0 Å². The molecule has 0 unspecified atom stereocenters. The second-order valence-electron chi connectivity index (χ2n) is 10.5. The number of rotatable bonds is 9. The molecule has 2 amide bonds. The van der Waals surface area contributed by atoms with Crippen LogP contribution in [0.2, 0.25) is 0 Å². The highest BCUT2D eigenvalue weighted by Crippen LogP contribution is 2.39. The van der Waals surface area contributed by atoms with Gasteiger partial charge in [0.25, 0.3) is 0 Å². The number of urea groups is 1. The molecule has 3 aliphatic rings. The van der Waals surface area contributed by atoms with Gasteiger partial charge in [0.1, 0.15) is 6.54 Å². The summed E-state index contributed by atoms with van der Waals surface area (Å²) >= 11 is 0. The van der Waals surface area contributed by atoms with Gasteiger partial charge in [0.05, 0.1) is 38.6 Å². The maximum atomic E-state index is 12.2. The maximum absolute atomic E-state index is 12.2. The van der Waals surface area contributed by atoms with Crippen molar-refractivity contribution in [3.63, 3.8) is 0 Å². The van der Waals surface area contributed by atoms with Gasteiger partial charge in [0, 0.05) is 50.1 Å². The fourth-order valence-corrected chi connectivity index (χ4v) is 5.45. The Bertz CT molecular complexity index is 1140. The standard InChI is InChI=1S/C30H39N3O8/c1-2-37-27(35)18-31-29(36)32-24-9-7-23(8-10-24)28-40-25(17-26(41-28)22-5-3-21(20-34)4-6-22)19-33-13-11-30(12-14-33)38-15-16-39-30/h3-10,25-26,28,34H,2,11-20H2,1H3,(H2,31,32,36)/t25-,26+,28+/m0/s1. The summed E-state index contributed by atoms with van der Waals surface area (Å²) in [5, 5.41) is 14.6. The fraction of sp³-hybridized carbons (Fsp3) is 0.533. The first-order valence-electron chi connectivity index (χ1n) is 14.3. The smallest absolute Gasteiger partial charge is 0.325 e. The van der Waals surface area contributed by atoms with Gasteiger partial charge >= 0.3 is 12.0 Å². The van der Waals surface area contributed by atoms with Crippen LogP contribution in [0.1, 0.15) is 55.3 Å². The highest BCUT2D eigenvalue weighted by atomic mass is 16.7. The third-order valence-corrected chi connectivity index (χ3v) is 7.65. The molecular weight excluding hydrogens is 530 g/mol. The molecule has 0 saturated carbocycles. The molecule has 41 heavy (non-hydrogen) atoms. The summed E-state index contributed by atoms with van der Waals surface area (Å²) in [6.45, 7) is 5.59. The number of aliphatic hydroxyl groups excluding tert-OH is 1. The molecule has 0 bridgehead atoms. The molecule has 3 heterocycles. The van der Waals surface area contributed by atoms with E-state index in [-0.39, 0.29) is 32.0 Å². The number of nitrogens with zero attached hydrogens (tertiary/aromatic N) is 1. The molecule has 11 heteroatoms. The molecule has 3 saturated heterocycles. The number of anilines is 1. The van der Waals surface area contributed by atoms with E-state index in [1.54, 1.807) is 19.1 Å². The van der Waals surface area contributed by atoms with E-state index < -0.39 is 24.1 Å². The van der Waals surface area contributed by atoms with E-state index in [4.69, 9.17) is 23.7 Å². The number of carbonyl (C=O) groups is 2. The Morgan fingerprint density at radius 2 is 1.68 bits per heavy atom. The Labute approximate surface area is 240 Å². The van der Waals surface area contributed by atoms with Crippen LogP contribution in [0, 0.1) is 0 Å². The van der Waals surface area contributed by atoms with Crippen molar-refractivity contribution in [1.29, 1.82) is 0 Å². The Hall–Kier alpha value is -3.06. The summed E-state index contributed by atoms with van der Waals surface area (Å²) in [6.07, 6.45) is 1.53. The monoisotopic (exact) mass is 569 g/mol. The largest absolute Gasteiger partial charge is 0.465 e. The molecule has 0 aromatic heterocycles. The Morgan fingerprint density at radius 1 is 1.00 bits per heavy atom. The van der Waals surface area contributed by atoms with Crippen LogP contribution in [-0.4, -0.2) is 79.9 Å². The number of ether oxygens (including phenoxy) is 5. The summed E-state index contributed by atoms with van der Waals surface area (Å²) in [4.78, 5) is 26.0. The average molecular weight is 570 g/mol. The van der Waals surface area contributed by atoms with Crippen molar-refractivity contribution in [2.75, 3.05) is 51.3 Å². The van der Waals surface area contributed by atoms with Crippen molar-refractivity contribution in [3.05, 3.63) is 65.2 Å². The van der Waals surface area contributed by atoms with E-state index in [2.05, 4.69) is 15.5 Å². The molecule has 3 N–H and O–H groups in total.